The largest absolute Gasteiger partial charge is 0.492 e. The van der Waals surface area contributed by atoms with E-state index in [1.807, 2.05) is 70.2 Å². The Bertz CT molecular complexity index is 1070. The van der Waals surface area contributed by atoms with Gasteiger partial charge in [0, 0.05) is 12.1 Å². The molecule has 2 aromatic rings. The van der Waals surface area contributed by atoms with Gasteiger partial charge in [0.2, 0.25) is 0 Å². The first kappa shape index (κ1) is 25.2. The van der Waals surface area contributed by atoms with Gasteiger partial charge >= 0.3 is 13.2 Å². The van der Waals surface area contributed by atoms with Crippen LogP contribution in [0.1, 0.15) is 55.6 Å². The van der Waals surface area contributed by atoms with Crippen molar-refractivity contribution >= 4 is 25.1 Å². The van der Waals surface area contributed by atoms with Gasteiger partial charge in [-0.15, -0.1) is 0 Å². The van der Waals surface area contributed by atoms with E-state index in [9.17, 15) is 9.59 Å². The lowest BCUT2D eigenvalue weighted by Crippen LogP contribution is -2.41. The van der Waals surface area contributed by atoms with Crippen LogP contribution in [-0.2, 0) is 20.7 Å². The second-order valence-electron chi connectivity index (χ2n) is 9.10. The van der Waals surface area contributed by atoms with Crippen LogP contribution >= 0.6 is 0 Å². The second kappa shape index (κ2) is 10.7. The molecule has 8 heteroatoms. The van der Waals surface area contributed by atoms with E-state index in [1.165, 1.54) is 0 Å². The molecule has 1 heterocycles. The van der Waals surface area contributed by atoms with E-state index in [1.54, 1.807) is 24.3 Å². The summed E-state index contributed by atoms with van der Waals surface area (Å²) in [7, 11) is -0.667. The Morgan fingerprint density at radius 3 is 2.24 bits per heavy atom. The lowest BCUT2D eigenvalue weighted by atomic mass is 9.77. The number of ketones is 1. The number of nitrogens with one attached hydrogen (secondary N) is 1. The van der Waals surface area contributed by atoms with Crippen LogP contribution in [0.25, 0.3) is 6.08 Å². The molecule has 2 aromatic carbocycles. The summed E-state index contributed by atoms with van der Waals surface area (Å²) in [6.07, 6.45) is 1.14. The van der Waals surface area contributed by atoms with E-state index in [0.717, 1.165) is 11.1 Å². The third-order valence-electron chi connectivity index (χ3n) is 6.03. The highest BCUT2D eigenvalue weighted by Crippen LogP contribution is 2.38. The van der Waals surface area contributed by atoms with E-state index >= 15 is 0 Å². The van der Waals surface area contributed by atoms with E-state index in [4.69, 9.17) is 19.3 Å². The van der Waals surface area contributed by atoms with Crippen LogP contribution in [0.2, 0.25) is 0 Å². The summed E-state index contributed by atoms with van der Waals surface area (Å²) in [5.74, 6) is -0.230. The fourth-order valence-corrected chi connectivity index (χ4v) is 3.30. The average Bonchev–Trinajstić information content (AvgIpc) is 3.03. The zero-order valence-corrected chi connectivity index (χ0v) is 20.0. The molecule has 3 rings (SSSR count). The predicted molar refractivity (Wildman–Crippen MR) is 130 cm³/mol. The molecule has 1 aliphatic heterocycles. The number of ether oxygens (including phenoxy) is 1. The number of nitrogens with zero attached hydrogens (tertiary/aromatic N) is 1. The maximum absolute atomic E-state index is 12.3. The normalized spacial score (nSPS) is 16.6. The molecule has 0 unspecified atom stereocenters. The zero-order valence-electron chi connectivity index (χ0n) is 20.0. The SMILES string of the molecule is CC1(C)OB(C(=Cc2ccc(C(=O)CC#N)cc2)CNC(=O)OCc2ccccc2)OC1(C)C. The first-order chi connectivity index (χ1) is 16.1. The Morgan fingerprint density at radius 2 is 1.65 bits per heavy atom. The average molecular weight is 460 g/mol. The molecule has 1 amide bonds. The van der Waals surface area contributed by atoms with E-state index in [-0.39, 0.29) is 25.4 Å². The Morgan fingerprint density at radius 1 is 1.03 bits per heavy atom. The molecule has 0 saturated carbocycles. The molecule has 1 N–H and O–H groups in total. The molecule has 0 aromatic heterocycles. The number of carbonyl (C=O) groups is 2. The lowest BCUT2D eigenvalue weighted by molar-refractivity contribution is 0.00578. The van der Waals surface area contributed by atoms with Crippen molar-refractivity contribution < 1.29 is 23.6 Å². The molecule has 0 aliphatic carbocycles. The number of Topliss-reactive ketones (excluding diaryl/α,β-unsaturated/α-hetero) is 1. The second-order valence-corrected chi connectivity index (χ2v) is 9.10. The minimum atomic E-state index is -0.667. The number of hydrogen-bond donors (Lipinski definition) is 1. The summed E-state index contributed by atoms with van der Waals surface area (Å²) in [5.41, 5.74) is 1.78. The molecule has 0 atom stereocenters. The van der Waals surface area contributed by atoms with Crippen molar-refractivity contribution in [2.24, 2.45) is 0 Å². The molecule has 1 aliphatic rings. The highest BCUT2D eigenvalue weighted by Gasteiger charge is 2.52. The van der Waals surface area contributed by atoms with Crippen molar-refractivity contribution in [1.29, 1.82) is 5.26 Å². The Balaban J connectivity index is 1.74. The van der Waals surface area contributed by atoms with Gasteiger partial charge in [-0.2, -0.15) is 5.26 Å². The fraction of sp³-hybridized carbons (Fsp3) is 0.346. The van der Waals surface area contributed by atoms with Crippen molar-refractivity contribution in [2.75, 3.05) is 6.54 Å². The van der Waals surface area contributed by atoms with Crippen molar-refractivity contribution in [3.05, 3.63) is 76.8 Å². The maximum Gasteiger partial charge on any atom is 0.492 e. The van der Waals surface area contributed by atoms with Crippen LogP contribution in [-0.4, -0.2) is 36.7 Å². The number of hydrogen-bond acceptors (Lipinski definition) is 6. The topological polar surface area (TPSA) is 97.7 Å². The Labute approximate surface area is 200 Å². The summed E-state index contributed by atoms with van der Waals surface area (Å²) in [6, 6.07) is 18.2. The monoisotopic (exact) mass is 460 g/mol. The smallest absolute Gasteiger partial charge is 0.445 e. The van der Waals surface area contributed by atoms with Crippen LogP contribution in [0.5, 0.6) is 0 Å². The van der Waals surface area contributed by atoms with Crippen molar-refractivity contribution in [1.82, 2.24) is 5.32 Å². The molecule has 0 radical (unpaired) electrons. The Hall–Kier alpha value is -3.41. The van der Waals surface area contributed by atoms with Gasteiger partial charge in [0.05, 0.1) is 23.7 Å². The van der Waals surface area contributed by atoms with Crippen molar-refractivity contribution in [3.8, 4) is 6.07 Å². The molecular weight excluding hydrogens is 431 g/mol. The summed E-state index contributed by atoms with van der Waals surface area (Å²) >= 11 is 0. The third-order valence-corrected chi connectivity index (χ3v) is 6.03. The van der Waals surface area contributed by atoms with E-state index in [2.05, 4.69) is 5.32 Å². The number of rotatable bonds is 8. The zero-order chi connectivity index (χ0) is 24.8. The summed E-state index contributed by atoms with van der Waals surface area (Å²) in [5, 5.41) is 11.5. The molecule has 1 saturated heterocycles. The predicted octanol–water partition coefficient (Wildman–Crippen LogP) is 4.72. The lowest BCUT2D eigenvalue weighted by Gasteiger charge is -2.32. The number of carbonyl (C=O) groups excluding carboxylic acids is 2. The molecular formula is C26H29BN2O5. The van der Waals surface area contributed by atoms with Gasteiger partial charge in [0.1, 0.15) is 6.61 Å². The number of alkyl carbamates (subject to hydrolysis) is 1. The van der Waals surface area contributed by atoms with E-state index < -0.39 is 24.4 Å². The molecule has 176 valence electrons. The first-order valence-electron chi connectivity index (χ1n) is 11.1. The van der Waals surface area contributed by atoms with Crippen LogP contribution < -0.4 is 5.32 Å². The molecule has 1 fully saturated rings. The summed E-state index contributed by atoms with van der Waals surface area (Å²) < 4.78 is 17.7. The van der Waals surface area contributed by atoms with Gasteiger partial charge in [-0.3, -0.25) is 4.79 Å². The van der Waals surface area contributed by atoms with Gasteiger partial charge in [-0.1, -0.05) is 60.7 Å². The number of nitriles is 1. The Kier molecular flexibility index (Phi) is 7.92. The summed E-state index contributed by atoms with van der Waals surface area (Å²) in [6.45, 7) is 8.16. The van der Waals surface area contributed by atoms with Crippen molar-refractivity contribution in [3.63, 3.8) is 0 Å². The standard InChI is InChI=1S/C26H29BN2O5/c1-25(2)26(3,4)34-27(33-25)22(16-19-10-12-21(13-11-19)23(30)14-15-28)17-29-24(31)32-18-20-8-6-5-7-9-20/h5-13,16H,14,17-18H2,1-4H3,(H,29,31). The molecule has 0 spiro atoms. The molecule has 7 nitrogen and oxygen atoms in total. The molecule has 34 heavy (non-hydrogen) atoms. The minimum absolute atomic E-state index is 0.152. The fourth-order valence-electron chi connectivity index (χ4n) is 3.30. The highest BCUT2D eigenvalue weighted by molar-refractivity contribution is 6.56. The van der Waals surface area contributed by atoms with Crippen LogP contribution in [0.3, 0.4) is 0 Å². The summed E-state index contributed by atoms with van der Waals surface area (Å²) in [4.78, 5) is 24.3. The third kappa shape index (κ3) is 6.34. The van der Waals surface area contributed by atoms with Gasteiger partial charge in [-0.05, 0) is 44.3 Å². The maximum atomic E-state index is 12.3. The minimum Gasteiger partial charge on any atom is -0.445 e. The van der Waals surface area contributed by atoms with Gasteiger partial charge < -0.3 is 19.4 Å². The first-order valence-corrected chi connectivity index (χ1v) is 11.1. The highest BCUT2D eigenvalue weighted by atomic mass is 16.7. The van der Waals surface area contributed by atoms with E-state index in [0.29, 0.717) is 11.0 Å². The van der Waals surface area contributed by atoms with Crippen LogP contribution in [0, 0.1) is 11.3 Å². The van der Waals surface area contributed by atoms with Crippen molar-refractivity contribution in [2.45, 2.75) is 51.9 Å². The number of benzene rings is 2. The molecule has 0 bridgehead atoms. The van der Waals surface area contributed by atoms with Crippen LogP contribution in [0.15, 0.2) is 60.1 Å². The van der Waals surface area contributed by atoms with Crippen LogP contribution in [0.4, 0.5) is 4.79 Å². The quantitative estimate of drug-likeness (QED) is 0.452. The van der Waals surface area contributed by atoms with Gasteiger partial charge in [-0.25, -0.2) is 4.79 Å². The van der Waals surface area contributed by atoms with Gasteiger partial charge in [0.25, 0.3) is 0 Å². The number of amides is 1. The van der Waals surface area contributed by atoms with Gasteiger partial charge in [0.15, 0.2) is 5.78 Å².